The van der Waals surface area contributed by atoms with Gasteiger partial charge in [0, 0.05) is 5.92 Å². The maximum absolute atomic E-state index is 9.40. The van der Waals surface area contributed by atoms with Crippen LogP contribution in [0.3, 0.4) is 0 Å². The van der Waals surface area contributed by atoms with Crippen LogP contribution in [0.25, 0.3) is 0 Å². The van der Waals surface area contributed by atoms with Gasteiger partial charge in [0.05, 0.1) is 6.61 Å². The van der Waals surface area contributed by atoms with Crippen molar-refractivity contribution in [2.45, 2.75) is 41.5 Å². The third-order valence-electron chi connectivity index (χ3n) is 3.35. The maximum Gasteiger partial charge on any atom is 0.0537 e. The van der Waals surface area contributed by atoms with Crippen LogP contribution in [0.4, 0.5) is 0 Å². The number of hydrogen-bond donors (Lipinski definition) is 1. The first kappa shape index (κ1) is 13.2. The molecule has 1 rings (SSSR count). The van der Waals surface area contributed by atoms with Crippen LogP contribution >= 0.6 is 0 Å². The van der Waals surface area contributed by atoms with E-state index in [0.717, 1.165) is 0 Å². The molecule has 0 saturated carbocycles. The van der Waals surface area contributed by atoms with Crippen LogP contribution in [0.1, 0.15) is 41.5 Å². The minimum atomic E-state index is 0.176. The number of hydrogen-bond acceptors (Lipinski definition) is 1. The van der Waals surface area contributed by atoms with Gasteiger partial charge in [0.25, 0.3) is 0 Å². The van der Waals surface area contributed by atoms with Gasteiger partial charge in [-0.15, -0.1) is 0 Å². The van der Waals surface area contributed by atoms with Gasteiger partial charge in [-0.1, -0.05) is 44.1 Å². The van der Waals surface area contributed by atoms with Gasteiger partial charge in [0.2, 0.25) is 0 Å². The highest BCUT2D eigenvalue weighted by Gasteiger charge is 2.37. The molecule has 16 heavy (non-hydrogen) atoms. The Kier molecular flexibility index (Phi) is 3.80. The van der Waals surface area contributed by atoms with Gasteiger partial charge in [-0.05, 0) is 37.3 Å². The Bertz CT molecular complexity index is 361. The van der Waals surface area contributed by atoms with Gasteiger partial charge >= 0.3 is 0 Å². The Morgan fingerprint density at radius 1 is 1.38 bits per heavy atom. The molecule has 0 bridgehead atoms. The Balaban J connectivity index is 3.16. The Morgan fingerprint density at radius 2 is 1.94 bits per heavy atom. The summed E-state index contributed by atoms with van der Waals surface area (Å²) in [7, 11) is 0. The van der Waals surface area contributed by atoms with Crippen molar-refractivity contribution in [2.24, 2.45) is 11.3 Å². The summed E-state index contributed by atoms with van der Waals surface area (Å²) in [6.07, 6.45) is 4.32. The van der Waals surface area contributed by atoms with Crippen molar-refractivity contribution in [3.05, 3.63) is 34.4 Å². The minimum Gasteiger partial charge on any atom is -0.395 e. The van der Waals surface area contributed by atoms with Gasteiger partial charge in [-0.3, -0.25) is 0 Å². The Morgan fingerprint density at radius 3 is 2.31 bits per heavy atom. The molecule has 90 valence electrons. The zero-order valence-corrected chi connectivity index (χ0v) is 11.4. The summed E-state index contributed by atoms with van der Waals surface area (Å²) in [4.78, 5) is 0. The quantitative estimate of drug-likeness (QED) is 0.749. The van der Waals surface area contributed by atoms with E-state index in [0.29, 0.717) is 0 Å². The molecule has 0 spiro atoms. The summed E-state index contributed by atoms with van der Waals surface area (Å²) in [6, 6.07) is 0. The zero-order chi connectivity index (χ0) is 12.5. The lowest BCUT2D eigenvalue weighted by atomic mass is 9.64. The van der Waals surface area contributed by atoms with E-state index in [1.165, 1.54) is 22.3 Å². The van der Waals surface area contributed by atoms with Crippen LogP contribution in [-0.4, -0.2) is 11.7 Å². The van der Waals surface area contributed by atoms with E-state index in [1.807, 2.05) is 6.92 Å². The van der Waals surface area contributed by atoms with Crippen molar-refractivity contribution in [2.75, 3.05) is 6.61 Å². The van der Waals surface area contributed by atoms with Crippen LogP contribution in [0.15, 0.2) is 34.4 Å². The highest BCUT2D eigenvalue weighted by molar-refractivity contribution is 5.56. The standard InChI is InChI=1S/C15H24O/c1-7-10(2)8-12-13(9-16)11(3)14(12)15(4,5)6/h7-8,13,16H,9H2,1-6H3/b10-7+,12-8+. The topological polar surface area (TPSA) is 20.2 Å². The molecule has 1 unspecified atom stereocenters. The Labute approximate surface area is 99.6 Å². The second-order valence-electron chi connectivity index (χ2n) is 5.68. The highest BCUT2D eigenvalue weighted by atomic mass is 16.3. The molecular weight excluding hydrogens is 196 g/mol. The van der Waals surface area contributed by atoms with Crippen molar-refractivity contribution in [1.29, 1.82) is 0 Å². The smallest absolute Gasteiger partial charge is 0.0537 e. The number of allylic oxidation sites excluding steroid dienone is 4. The first-order valence-electron chi connectivity index (χ1n) is 6.00. The number of rotatable bonds is 2. The first-order chi connectivity index (χ1) is 7.32. The van der Waals surface area contributed by atoms with Gasteiger partial charge in [0.15, 0.2) is 0 Å². The molecule has 0 radical (unpaired) electrons. The molecule has 0 aliphatic heterocycles. The SMILES string of the molecule is C/C=C(C)/C=C1/C(C(C)(C)C)=C(C)C1CO. The molecular formula is C15H24O. The third-order valence-corrected chi connectivity index (χ3v) is 3.35. The molecule has 0 aromatic carbocycles. The molecule has 1 N–H and O–H groups in total. The van der Waals surface area contributed by atoms with Crippen LogP contribution in [-0.2, 0) is 0 Å². The van der Waals surface area contributed by atoms with E-state index >= 15 is 0 Å². The molecule has 0 heterocycles. The fourth-order valence-corrected chi connectivity index (χ4v) is 2.49. The fraction of sp³-hybridized carbons (Fsp3) is 0.600. The molecule has 0 fully saturated rings. The maximum atomic E-state index is 9.40. The largest absolute Gasteiger partial charge is 0.395 e. The van der Waals surface area contributed by atoms with Crippen LogP contribution in [0, 0.1) is 11.3 Å². The summed E-state index contributed by atoms with van der Waals surface area (Å²) in [5, 5.41) is 9.40. The van der Waals surface area contributed by atoms with Crippen LogP contribution in [0.5, 0.6) is 0 Å². The van der Waals surface area contributed by atoms with Gasteiger partial charge in [0.1, 0.15) is 0 Å². The summed E-state index contributed by atoms with van der Waals surface area (Å²) >= 11 is 0. The molecule has 1 atom stereocenters. The lowest BCUT2D eigenvalue weighted by Crippen LogP contribution is -2.31. The van der Waals surface area contributed by atoms with Crippen molar-refractivity contribution in [3.8, 4) is 0 Å². The van der Waals surface area contributed by atoms with E-state index in [9.17, 15) is 5.11 Å². The van der Waals surface area contributed by atoms with Crippen molar-refractivity contribution < 1.29 is 5.11 Å². The Hall–Kier alpha value is -0.820. The van der Waals surface area contributed by atoms with Gasteiger partial charge in [-0.2, -0.15) is 0 Å². The lowest BCUT2D eigenvalue weighted by molar-refractivity contribution is 0.249. The zero-order valence-electron chi connectivity index (χ0n) is 11.4. The number of aliphatic hydroxyl groups excluding tert-OH is 1. The molecule has 0 aromatic heterocycles. The molecule has 0 amide bonds. The summed E-state index contributed by atoms with van der Waals surface area (Å²) in [5.41, 5.74) is 5.54. The molecule has 1 nitrogen and oxygen atoms in total. The lowest BCUT2D eigenvalue weighted by Gasteiger charge is -2.41. The van der Waals surface area contributed by atoms with E-state index in [1.54, 1.807) is 0 Å². The van der Waals surface area contributed by atoms with Crippen molar-refractivity contribution >= 4 is 0 Å². The molecule has 0 aromatic rings. The average molecular weight is 220 g/mol. The second kappa shape index (κ2) is 4.58. The van der Waals surface area contributed by atoms with Crippen molar-refractivity contribution in [1.82, 2.24) is 0 Å². The summed E-state index contributed by atoms with van der Waals surface area (Å²) < 4.78 is 0. The predicted octanol–water partition coefficient (Wildman–Crippen LogP) is 3.86. The molecule has 1 aliphatic rings. The van der Waals surface area contributed by atoms with Crippen LogP contribution in [0.2, 0.25) is 0 Å². The third kappa shape index (κ3) is 2.30. The molecule has 1 heteroatoms. The normalized spacial score (nSPS) is 25.1. The predicted molar refractivity (Wildman–Crippen MR) is 70.2 cm³/mol. The van der Waals surface area contributed by atoms with Crippen molar-refractivity contribution in [3.63, 3.8) is 0 Å². The van der Waals surface area contributed by atoms with E-state index in [2.05, 4.69) is 46.8 Å². The van der Waals surface area contributed by atoms with Gasteiger partial charge < -0.3 is 5.11 Å². The first-order valence-corrected chi connectivity index (χ1v) is 6.00. The average Bonchev–Trinajstić information content (AvgIpc) is 2.15. The number of aliphatic hydroxyl groups is 1. The summed E-state index contributed by atoms with van der Waals surface area (Å²) in [6.45, 7) is 13.2. The monoisotopic (exact) mass is 220 g/mol. The van der Waals surface area contributed by atoms with Crippen LogP contribution < -0.4 is 0 Å². The van der Waals surface area contributed by atoms with Gasteiger partial charge in [-0.25, -0.2) is 0 Å². The summed E-state index contributed by atoms with van der Waals surface area (Å²) in [5.74, 6) is 0.254. The highest BCUT2D eigenvalue weighted by Crippen LogP contribution is 2.49. The van der Waals surface area contributed by atoms with E-state index in [-0.39, 0.29) is 17.9 Å². The molecule has 0 saturated heterocycles. The second-order valence-corrected chi connectivity index (χ2v) is 5.68. The van der Waals surface area contributed by atoms with E-state index in [4.69, 9.17) is 0 Å². The minimum absolute atomic E-state index is 0.176. The van der Waals surface area contributed by atoms with E-state index < -0.39 is 0 Å². The fourth-order valence-electron chi connectivity index (χ4n) is 2.49. The molecule has 1 aliphatic carbocycles.